The van der Waals surface area contributed by atoms with Crippen LogP contribution in [0.4, 0.5) is 0 Å². The van der Waals surface area contributed by atoms with Gasteiger partial charge in [0.25, 0.3) is 0 Å². The summed E-state index contributed by atoms with van der Waals surface area (Å²) in [5, 5.41) is 5.81. The Labute approximate surface area is 127 Å². The summed E-state index contributed by atoms with van der Waals surface area (Å²) in [6, 6.07) is 17.0. The summed E-state index contributed by atoms with van der Waals surface area (Å²) in [4.78, 5) is 4.26. The molecule has 0 fully saturated rings. The molecule has 0 amide bonds. The first-order chi connectivity index (χ1) is 9.79. The summed E-state index contributed by atoms with van der Waals surface area (Å²) in [6.07, 6.45) is 3.77. The quantitative estimate of drug-likeness (QED) is 0.775. The monoisotopic (exact) mass is 326 g/mol. The Morgan fingerprint density at radius 3 is 2.75 bits per heavy atom. The number of nitrogens with zero attached hydrogens (tertiary/aromatic N) is 1. The molecule has 0 saturated heterocycles. The molecule has 2 nitrogen and oxygen atoms in total. The second kappa shape index (κ2) is 5.73. The van der Waals surface area contributed by atoms with E-state index in [4.69, 9.17) is 0 Å². The van der Waals surface area contributed by atoms with Gasteiger partial charge in [-0.25, -0.2) is 0 Å². The normalized spacial score (nSPS) is 12.5. The zero-order chi connectivity index (χ0) is 13.9. The van der Waals surface area contributed by atoms with Gasteiger partial charge in [-0.1, -0.05) is 46.3 Å². The Morgan fingerprint density at radius 1 is 1.10 bits per heavy atom. The van der Waals surface area contributed by atoms with Crippen LogP contribution < -0.4 is 5.32 Å². The SMILES string of the molecule is CNC(c1cccc(Br)c1)c1cccc2ccncc12. The third-order valence-corrected chi connectivity index (χ3v) is 3.99. The molecular formula is C17H15BrN2. The summed E-state index contributed by atoms with van der Waals surface area (Å²) < 4.78 is 1.09. The van der Waals surface area contributed by atoms with Gasteiger partial charge in [-0.2, -0.15) is 0 Å². The largest absolute Gasteiger partial charge is 0.309 e. The summed E-state index contributed by atoms with van der Waals surface area (Å²) in [6.45, 7) is 0. The lowest BCUT2D eigenvalue weighted by Crippen LogP contribution is -2.18. The van der Waals surface area contributed by atoms with E-state index in [1.807, 2.05) is 31.6 Å². The highest BCUT2D eigenvalue weighted by Crippen LogP contribution is 2.29. The van der Waals surface area contributed by atoms with E-state index in [-0.39, 0.29) is 6.04 Å². The molecule has 0 aliphatic heterocycles. The van der Waals surface area contributed by atoms with Crippen LogP contribution >= 0.6 is 15.9 Å². The fourth-order valence-electron chi connectivity index (χ4n) is 2.58. The number of pyridine rings is 1. The maximum atomic E-state index is 4.26. The number of halogens is 1. The molecule has 1 N–H and O–H groups in total. The molecule has 1 aromatic heterocycles. The van der Waals surface area contributed by atoms with Crippen molar-refractivity contribution in [1.29, 1.82) is 0 Å². The molecule has 1 heterocycles. The van der Waals surface area contributed by atoms with E-state index >= 15 is 0 Å². The molecule has 3 rings (SSSR count). The fraction of sp³-hybridized carbons (Fsp3) is 0.118. The van der Waals surface area contributed by atoms with Crippen LogP contribution in [0.15, 0.2) is 65.4 Å². The molecule has 0 spiro atoms. The van der Waals surface area contributed by atoms with E-state index in [0.717, 1.165) is 4.47 Å². The van der Waals surface area contributed by atoms with E-state index in [2.05, 4.69) is 62.6 Å². The molecule has 0 radical (unpaired) electrons. The lowest BCUT2D eigenvalue weighted by atomic mass is 9.95. The van der Waals surface area contributed by atoms with Crippen molar-refractivity contribution >= 4 is 26.7 Å². The zero-order valence-electron chi connectivity index (χ0n) is 11.2. The first kappa shape index (κ1) is 13.3. The Hall–Kier alpha value is -1.71. The van der Waals surface area contributed by atoms with Gasteiger partial charge in [0.15, 0.2) is 0 Å². The van der Waals surface area contributed by atoms with Gasteiger partial charge < -0.3 is 5.32 Å². The second-order valence-electron chi connectivity index (χ2n) is 4.72. The minimum Gasteiger partial charge on any atom is -0.309 e. The van der Waals surface area contributed by atoms with E-state index in [9.17, 15) is 0 Å². The van der Waals surface area contributed by atoms with Crippen LogP contribution in [-0.2, 0) is 0 Å². The first-order valence-electron chi connectivity index (χ1n) is 6.55. The summed E-state index contributed by atoms with van der Waals surface area (Å²) in [5.41, 5.74) is 2.48. The average Bonchev–Trinajstić information content (AvgIpc) is 2.48. The smallest absolute Gasteiger partial charge is 0.0581 e. The molecule has 20 heavy (non-hydrogen) atoms. The number of hydrogen-bond donors (Lipinski definition) is 1. The molecule has 3 heteroatoms. The van der Waals surface area contributed by atoms with E-state index in [1.165, 1.54) is 21.9 Å². The molecule has 1 unspecified atom stereocenters. The predicted octanol–water partition coefficient (Wildman–Crippen LogP) is 4.31. The Bertz CT molecular complexity index is 734. The van der Waals surface area contributed by atoms with Crippen LogP contribution in [0.2, 0.25) is 0 Å². The standard InChI is InChI=1S/C17H15BrN2/c1-19-17(13-5-2-6-14(18)10-13)15-7-3-4-12-8-9-20-11-16(12)15/h2-11,17,19H,1H3. The molecule has 1 atom stereocenters. The number of rotatable bonds is 3. The van der Waals surface area contributed by atoms with Crippen molar-refractivity contribution in [1.82, 2.24) is 10.3 Å². The first-order valence-corrected chi connectivity index (χ1v) is 7.34. The van der Waals surface area contributed by atoms with Crippen LogP contribution in [0, 0.1) is 0 Å². The number of fused-ring (bicyclic) bond motifs is 1. The van der Waals surface area contributed by atoms with Crippen molar-refractivity contribution in [2.45, 2.75) is 6.04 Å². The van der Waals surface area contributed by atoms with Crippen molar-refractivity contribution in [3.63, 3.8) is 0 Å². The summed E-state index contributed by atoms with van der Waals surface area (Å²) >= 11 is 3.54. The van der Waals surface area contributed by atoms with E-state index in [1.54, 1.807) is 0 Å². The molecular weight excluding hydrogens is 312 g/mol. The fourth-order valence-corrected chi connectivity index (χ4v) is 2.99. The Kier molecular flexibility index (Phi) is 3.81. The van der Waals surface area contributed by atoms with Crippen molar-refractivity contribution in [2.75, 3.05) is 7.05 Å². The second-order valence-corrected chi connectivity index (χ2v) is 5.64. The van der Waals surface area contributed by atoms with Gasteiger partial charge in [-0.3, -0.25) is 4.98 Å². The Balaban J connectivity index is 2.17. The minimum atomic E-state index is 0.153. The molecule has 2 aromatic carbocycles. The lowest BCUT2D eigenvalue weighted by Gasteiger charge is -2.19. The number of benzene rings is 2. The number of aromatic nitrogens is 1. The lowest BCUT2D eigenvalue weighted by molar-refractivity contribution is 0.696. The van der Waals surface area contributed by atoms with Gasteiger partial charge >= 0.3 is 0 Å². The van der Waals surface area contributed by atoms with Crippen molar-refractivity contribution in [2.24, 2.45) is 0 Å². The van der Waals surface area contributed by atoms with Crippen molar-refractivity contribution < 1.29 is 0 Å². The predicted molar refractivity (Wildman–Crippen MR) is 86.8 cm³/mol. The highest BCUT2D eigenvalue weighted by atomic mass is 79.9. The van der Waals surface area contributed by atoms with Crippen molar-refractivity contribution in [3.05, 3.63) is 76.5 Å². The summed E-state index contributed by atoms with van der Waals surface area (Å²) in [7, 11) is 1.99. The molecule has 0 bridgehead atoms. The third-order valence-electron chi connectivity index (χ3n) is 3.50. The highest BCUT2D eigenvalue weighted by molar-refractivity contribution is 9.10. The van der Waals surface area contributed by atoms with Gasteiger partial charge in [-0.05, 0) is 41.8 Å². The van der Waals surface area contributed by atoms with Crippen LogP contribution in [0.25, 0.3) is 10.8 Å². The molecule has 3 aromatic rings. The molecule has 0 aliphatic rings. The van der Waals surface area contributed by atoms with Gasteiger partial charge in [0, 0.05) is 22.3 Å². The molecule has 100 valence electrons. The topological polar surface area (TPSA) is 24.9 Å². The minimum absolute atomic E-state index is 0.153. The average molecular weight is 327 g/mol. The third kappa shape index (κ3) is 2.47. The highest BCUT2D eigenvalue weighted by Gasteiger charge is 2.14. The molecule has 0 aliphatic carbocycles. The van der Waals surface area contributed by atoms with E-state index < -0.39 is 0 Å². The Morgan fingerprint density at radius 2 is 1.95 bits per heavy atom. The van der Waals surface area contributed by atoms with Crippen LogP contribution in [0.1, 0.15) is 17.2 Å². The van der Waals surface area contributed by atoms with Crippen LogP contribution in [0.5, 0.6) is 0 Å². The van der Waals surface area contributed by atoms with Crippen LogP contribution in [-0.4, -0.2) is 12.0 Å². The molecule has 0 saturated carbocycles. The maximum absolute atomic E-state index is 4.26. The van der Waals surface area contributed by atoms with Crippen molar-refractivity contribution in [3.8, 4) is 0 Å². The van der Waals surface area contributed by atoms with Gasteiger partial charge in [0.2, 0.25) is 0 Å². The zero-order valence-corrected chi connectivity index (χ0v) is 12.8. The van der Waals surface area contributed by atoms with Crippen LogP contribution in [0.3, 0.4) is 0 Å². The van der Waals surface area contributed by atoms with E-state index in [0.29, 0.717) is 0 Å². The van der Waals surface area contributed by atoms with Gasteiger partial charge in [0.1, 0.15) is 0 Å². The summed E-state index contributed by atoms with van der Waals surface area (Å²) in [5.74, 6) is 0. The number of nitrogens with one attached hydrogen (secondary N) is 1. The maximum Gasteiger partial charge on any atom is 0.0581 e. The van der Waals surface area contributed by atoms with Gasteiger partial charge in [0.05, 0.1) is 6.04 Å². The van der Waals surface area contributed by atoms with Gasteiger partial charge in [-0.15, -0.1) is 0 Å². The number of hydrogen-bond acceptors (Lipinski definition) is 2.